The number of anilines is 1. The number of ether oxygens (including phenoxy) is 2. The number of methoxy groups -OCH3 is 1. The fourth-order valence-corrected chi connectivity index (χ4v) is 4.11. The molecule has 32 heavy (non-hydrogen) atoms. The van der Waals surface area contributed by atoms with Gasteiger partial charge in [0.2, 0.25) is 5.88 Å². The van der Waals surface area contributed by atoms with Gasteiger partial charge in [-0.3, -0.25) is 4.90 Å². The highest BCUT2D eigenvalue weighted by Gasteiger charge is 2.26. The van der Waals surface area contributed by atoms with Crippen molar-refractivity contribution in [2.75, 3.05) is 58.0 Å². The highest BCUT2D eigenvalue weighted by Crippen LogP contribution is 2.33. The summed E-state index contributed by atoms with van der Waals surface area (Å²) >= 11 is 0. The Kier molecular flexibility index (Phi) is 10.0. The second-order valence-electron chi connectivity index (χ2n) is 8.18. The number of aliphatic hydroxyl groups is 1. The summed E-state index contributed by atoms with van der Waals surface area (Å²) in [5, 5.41) is 15.0. The van der Waals surface area contributed by atoms with Crippen LogP contribution in [0.4, 0.5) is 5.88 Å². The highest BCUT2D eigenvalue weighted by atomic mass is 16.5. The molecular formula is C25H35N3O4. The van der Waals surface area contributed by atoms with Gasteiger partial charge in [0.15, 0.2) is 0 Å². The van der Waals surface area contributed by atoms with Crippen molar-refractivity contribution in [3.05, 3.63) is 35.9 Å². The van der Waals surface area contributed by atoms with Crippen LogP contribution in [0.3, 0.4) is 0 Å². The van der Waals surface area contributed by atoms with Crippen molar-refractivity contribution >= 4 is 5.88 Å². The Morgan fingerprint density at radius 3 is 2.75 bits per heavy atom. The summed E-state index contributed by atoms with van der Waals surface area (Å²) in [7, 11) is 1.70. The van der Waals surface area contributed by atoms with Gasteiger partial charge in [-0.05, 0) is 25.7 Å². The predicted molar refractivity (Wildman–Crippen MR) is 125 cm³/mol. The van der Waals surface area contributed by atoms with E-state index in [1.165, 1.54) is 6.42 Å². The third kappa shape index (κ3) is 7.07. The zero-order valence-electron chi connectivity index (χ0n) is 19.0. The Hall–Kier alpha value is -2.37. The van der Waals surface area contributed by atoms with E-state index in [1.54, 1.807) is 7.11 Å². The number of hydrogen-bond donors (Lipinski definition) is 1. The van der Waals surface area contributed by atoms with E-state index in [-0.39, 0.29) is 13.2 Å². The molecule has 2 aromatic rings. The molecule has 0 aliphatic carbocycles. The monoisotopic (exact) mass is 441 g/mol. The van der Waals surface area contributed by atoms with Crippen LogP contribution in [0.25, 0.3) is 11.3 Å². The lowest BCUT2D eigenvalue weighted by atomic mass is 10.1. The van der Waals surface area contributed by atoms with Crippen LogP contribution in [-0.2, 0) is 16.0 Å². The van der Waals surface area contributed by atoms with Crippen molar-refractivity contribution in [3.8, 4) is 23.6 Å². The van der Waals surface area contributed by atoms with E-state index in [4.69, 9.17) is 20.4 Å². The summed E-state index contributed by atoms with van der Waals surface area (Å²) in [5.41, 5.74) is 2.96. The minimum Gasteiger partial charge on any atom is -0.389 e. The lowest BCUT2D eigenvalue weighted by Gasteiger charge is -2.29. The second-order valence-corrected chi connectivity index (χ2v) is 8.18. The van der Waals surface area contributed by atoms with Crippen LogP contribution in [0, 0.1) is 12.3 Å². The van der Waals surface area contributed by atoms with Gasteiger partial charge in [-0.15, -0.1) is 6.42 Å². The lowest BCUT2D eigenvalue weighted by Crippen LogP contribution is -2.36. The van der Waals surface area contributed by atoms with Gasteiger partial charge in [-0.1, -0.05) is 41.4 Å². The van der Waals surface area contributed by atoms with E-state index in [9.17, 15) is 5.11 Å². The molecule has 1 N–H and O–H groups in total. The molecule has 1 fully saturated rings. The molecule has 0 bridgehead atoms. The van der Waals surface area contributed by atoms with Gasteiger partial charge >= 0.3 is 0 Å². The minimum atomic E-state index is -0.635. The maximum atomic E-state index is 10.5. The minimum absolute atomic E-state index is 0.198. The molecule has 0 saturated carbocycles. The average molecular weight is 442 g/mol. The van der Waals surface area contributed by atoms with Crippen LogP contribution in [0.1, 0.15) is 31.2 Å². The van der Waals surface area contributed by atoms with Crippen molar-refractivity contribution in [2.45, 2.75) is 38.3 Å². The molecule has 1 aromatic carbocycles. The third-order valence-electron chi connectivity index (χ3n) is 5.63. The Labute approximate surface area is 191 Å². The van der Waals surface area contributed by atoms with Crippen LogP contribution < -0.4 is 4.90 Å². The maximum absolute atomic E-state index is 10.5. The molecule has 174 valence electrons. The number of terminal acetylenes is 1. The number of aliphatic hydroxyl groups excluding tert-OH is 1. The Morgan fingerprint density at radius 2 is 2.03 bits per heavy atom. The Morgan fingerprint density at radius 1 is 1.25 bits per heavy atom. The molecule has 1 atom stereocenters. The van der Waals surface area contributed by atoms with E-state index >= 15 is 0 Å². The lowest BCUT2D eigenvalue weighted by molar-refractivity contribution is 0.0244. The number of rotatable bonds is 13. The van der Waals surface area contributed by atoms with E-state index in [0.29, 0.717) is 19.7 Å². The van der Waals surface area contributed by atoms with Crippen LogP contribution >= 0.6 is 0 Å². The smallest absolute Gasteiger partial charge is 0.232 e. The highest BCUT2D eigenvalue weighted by molar-refractivity contribution is 5.68. The number of benzene rings is 1. The van der Waals surface area contributed by atoms with E-state index in [2.05, 4.69) is 33.0 Å². The largest absolute Gasteiger partial charge is 0.389 e. The van der Waals surface area contributed by atoms with Crippen molar-refractivity contribution in [1.29, 1.82) is 0 Å². The van der Waals surface area contributed by atoms with Crippen molar-refractivity contribution < 1.29 is 19.1 Å². The van der Waals surface area contributed by atoms with E-state index in [0.717, 1.165) is 61.6 Å². The van der Waals surface area contributed by atoms with Crippen molar-refractivity contribution in [2.24, 2.45) is 0 Å². The first-order valence-electron chi connectivity index (χ1n) is 11.4. The second kappa shape index (κ2) is 13.2. The van der Waals surface area contributed by atoms with Gasteiger partial charge in [0, 0.05) is 52.0 Å². The predicted octanol–water partition coefficient (Wildman–Crippen LogP) is 3.18. The summed E-state index contributed by atoms with van der Waals surface area (Å²) in [6.45, 7) is 4.88. The molecule has 2 heterocycles. The topological polar surface area (TPSA) is 71.2 Å². The molecule has 1 aromatic heterocycles. The first-order chi connectivity index (χ1) is 15.7. The first-order valence-corrected chi connectivity index (χ1v) is 11.4. The van der Waals surface area contributed by atoms with Gasteiger partial charge in [0.1, 0.15) is 12.3 Å². The quantitative estimate of drug-likeness (QED) is 0.378. The van der Waals surface area contributed by atoms with Gasteiger partial charge in [-0.2, -0.15) is 0 Å². The fraction of sp³-hybridized carbons (Fsp3) is 0.560. The summed E-state index contributed by atoms with van der Waals surface area (Å²) in [6.07, 6.45) is 9.03. The zero-order chi connectivity index (χ0) is 22.6. The van der Waals surface area contributed by atoms with Gasteiger partial charge in [0.05, 0.1) is 18.3 Å². The van der Waals surface area contributed by atoms with Crippen LogP contribution in [0.15, 0.2) is 34.9 Å². The van der Waals surface area contributed by atoms with E-state index < -0.39 is 6.10 Å². The Bertz CT molecular complexity index is 827. The molecule has 0 unspecified atom stereocenters. The van der Waals surface area contributed by atoms with Gasteiger partial charge < -0.3 is 24.0 Å². The first kappa shape index (κ1) is 24.3. The number of piperidine rings is 1. The third-order valence-corrected chi connectivity index (χ3v) is 5.63. The summed E-state index contributed by atoms with van der Waals surface area (Å²) in [6, 6.07) is 10.1. The molecule has 7 heteroatoms. The molecule has 1 saturated heterocycles. The summed E-state index contributed by atoms with van der Waals surface area (Å²) in [4.78, 5) is 4.52. The van der Waals surface area contributed by atoms with Crippen molar-refractivity contribution in [3.63, 3.8) is 0 Å². The van der Waals surface area contributed by atoms with Crippen LogP contribution in [0.2, 0.25) is 0 Å². The zero-order valence-corrected chi connectivity index (χ0v) is 19.0. The van der Waals surface area contributed by atoms with E-state index in [1.807, 2.05) is 18.2 Å². The molecule has 1 aliphatic rings. The standard InChI is InChI=1S/C25H35N3O4/c1-3-16-31-20-22(29)18-27(13-10-17-30-2)19-23-24(21-11-6-4-7-12-21)26-32-25(23)28-14-8-5-9-15-28/h1,4,6-7,11-12,22,29H,5,8-10,13-20H2,2H3/t22-/m1/s1. The molecular weight excluding hydrogens is 406 g/mol. The normalized spacial score (nSPS) is 15.1. The molecule has 1 aliphatic heterocycles. The molecule has 0 spiro atoms. The number of nitrogens with zero attached hydrogens (tertiary/aromatic N) is 3. The number of hydrogen-bond acceptors (Lipinski definition) is 7. The van der Waals surface area contributed by atoms with Crippen LogP contribution in [0.5, 0.6) is 0 Å². The molecule has 0 amide bonds. The van der Waals surface area contributed by atoms with Crippen LogP contribution in [-0.4, -0.2) is 74.4 Å². The SMILES string of the molecule is C#CCOC[C@H](O)CN(CCCOC)Cc1c(-c2ccccc2)noc1N1CCCCC1. The van der Waals surface area contributed by atoms with Gasteiger partial charge in [0.25, 0.3) is 0 Å². The fourth-order valence-electron chi connectivity index (χ4n) is 4.11. The molecule has 3 rings (SSSR count). The Balaban J connectivity index is 1.83. The summed E-state index contributed by atoms with van der Waals surface area (Å²) < 4.78 is 16.5. The van der Waals surface area contributed by atoms with Gasteiger partial charge in [-0.25, -0.2) is 0 Å². The molecule has 7 nitrogen and oxygen atoms in total. The number of aromatic nitrogens is 1. The average Bonchev–Trinajstić information content (AvgIpc) is 3.24. The maximum Gasteiger partial charge on any atom is 0.232 e. The summed E-state index contributed by atoms with van der Waals surface area (Å²) in [5.74, 6) is 3.28. The van der Waals surface area contributed by atoms with Crippen molar-refractivity contribution in [1.82, 2.24) is 10.1 Å². The molecule has 0 radical (unpaired) electrons.